The molecule has 1 aromatic carbocycles. The van der Waals surface area contributed by atoms with E-state index in [1.807, 2.05) is 27.7 Å². The lowest BCUT2D eigenvalue weighted by Gasteiger charge is -2.32. The van der Waals surface area contributed by atoms with Gasteiger partial charge in [0.2, 0.25) is 10.0 Å². The highest BCUT2D eigenvalue weighted by atomic mass is 32.2. The van der Waals surface area contributed by atoms with Crippen LogP contribution in [0.3, 0.4) is 0 Å². The molecular weight excluding hydrogens is 336 g/mol. The van der Waals surface area contributed by atoms with E-state index in [0.717, 1.165) is 12.3 Å². The number of rotatable bonds is 3. The number of hydrogen-bond donors (Lipinski definition) is 1. The van der Waals surface area contributed by atoms with Crippen molar-refractivity contribution >= 4 is 28.5 Å². The summed E-state index contributed by atoms with van der Waals surface area (Å²) < 4.78 is 50.1. The molecule has 1 amide bonds. The number of hydrogen-bond acceptors (Lipinski definition) is 5. The van der Waals surface area contributed by atoms with Gasteiger partial charge in [-0.3, -0.25) is 4.79 Å². The maximum Gasteiger partial charge on any atom is 0.495 e. The summed E-state index contributed by atoms with van der Waals surface area (Å²) in [7, 11) is -4.54. The van der Waals surface area contributed by atoms with Gasteiger partial charge in [0, 0.05) is 0 Å². The molecule has 1 aliphatic rings. The van der Waals surface area contributed by atoms with E-state index in [1.165, 1.54) is 6.07 Å². The van der Waals surface area contributed by atoms with Gasteiger partial charge in [-0.25, -0.2) is 17.5 Å². The van der Waals surface area contributed by atoms with Crippen LogP contribution in [0.15, 0.2) is 12.1 Å². The van der Waals surface area contributed by atoms with Crippen LogP contribution < -0.4 is 10.2 Å². The first-order chi connectivity index (χ1) is 10.7. The molecule has 9 heteroatoms. The van der Waals surface area contributed by atoms with Gasteiger partial charge in [-0.15, -0.1) is 0 Å². The monoisotopic (exact) mass is 357 g/mol. The Labute approximate surface area is 141 Å². The highest BCUT2D eigenvalue weighted by Gasteiger charge is 2.52. The van der Waals surface area contributed by atoms with E-state index in [-0.39, 0.29) is 5.56 Å². The Kier molecular flexibility index (Phi) is 4.58. The second-order valence-corrected chi connectivity index (χ2v) is 8.73. The number of nitrogens with one attached hydrogen (secondary N) is 1. The van der Waals surface area contributed by atoms with Crippen molar-refractivity contribution in [2.24, 2.45) is 0 Å². The lowest BCUT2D eigenvalue weighted by atomic mass is 9.75. The summed E-state index contributed by atoms with van der Waals surface area (Å²) >= 11 is 0. The number of amides is 1. The van der Waals surface area contributed by atoms with Gasteiger partial charge in [0.1, 0.15) is 5.82 Å². The zero-order valence-corrected chi connectivity index (χ0v) is 15.4. The zero-order chi connectivity index (χ0) is 18.5. The molecule has 0 unspecified atom stereocenters. The third kappa shape index (κ3) is 3.63. The Morgan fingerprint density at radius 2 is 1.67 bits per heavy atom. The molecule has 1 fully saturated rings. The van der Waals surface area contributed by atoms with Crippen molar-refractivity contribution < 1.29 is 26.9 Å². The highest BCUT2D eigenvalue weighted by molar-refractivity contribution is 7.89. The number of sulfonamides is 1. The molecule has 1 aliphatic heterocycles. The second kappa shape index (κ2) is 5.82. The predicted molar refractivity (Wildman–Crippen MR) is 89.2 cm³/mol. The summed E-state index contributed by atoms with van der Waals surface area (Å²) in [4.78, 5) is 11.9. The van der Waals surface area contributed by atoms with Gasteiger partial charge >= 0.3 is 7.12 Å². The van der Waals surface area contributed by atoms with Crippen molar-refractivity contribution in [1.82, 2.24) is 4.72 Å². The molecule has 0 radical (unpaired) electrons. The Balaban J connectivity index is 2.37. The molecule has 24 heavy (non-hydrogen) atoms. The quantitative estimate of drug-likeness (QED) is 0.820. The number of carbonyl (C=O) groups excluding carboxylic acids is 1. The van der Waals surface area contributed by atoms with Gasteiger partial charge in [0.05, 0.1) is 23.0 Å². The minimum Gasteiger partial charge on any atom is -0.399 e. The third-order valence-electron chi connectivity index (χ3n) is 4.39. The molecule has 0 bridgehead atoms. The molecular formula is C15H21BFNO5S. The van der Waals surface area contributed by atoms with E-state index >= 15 is 0 Å². The normalized spacial score (nSPS) is 19.4. The minimum absolute atomic E-state index is 0.349. The van der Waals surface area contributed by atoms with E-state index < -0.39 is 40.1 Å². The van der Waals surface area contributed by atoms with Gasteiger partial charge in [-0.2, -0.15) is 0 Å². The summed E-state index contributed by atoms with van der Waals surface area (Å²) in [5, 5.41) is 0. The molecule has 132 valence electrons. The van der Waals surface area contributed by atoms with Gasteiger partial charge < -0.3 is 9.31 Å². The lowest BCUT2D eigenvalue weighted by molar-refractivity contribution is 0.00578. The number of aryl methyl sites for hydroxylation is 1. The van der Waals surface area contributed by atoms with Crippen LogP contribution >= 0.6 is 0 Å². The van der Waals surface area contributed by atoms with Crippen molar-refractivity contribution in [1.29, 1.82) is 0 Å². The molecule has 1 saturated heterocycles. The first kappa shape index (κ1) is 18.9. The van der Waals surface area contributed by atoms with E-state index in [2.05, 4.69) is 0 Å². The van der Waals surface area contributed by atoms with E-state index in [0.29, 0.717) is 11.0 Å². The van der Waals surface area contributed by atoms with Crippen molar-refractivity contribution in [3.63, 3.8) is 0 Å². The van der Waals surface area contributed by atoms with Gasteiger partial charge in [0.25, 0.3) is 5.91 Å². The summed E-state index contributed by atoms with van der Waals surface area (Å²) in [6, 6.07) is 2.44. The topological polar surface area (TPSA) is 81.7 Å². The van der Waals surface area contributed by atoms with Gasteiger partial charge in [-0.05, 0) is 52.2 Å². The molecule has 1 aromatic rings. The molecule has 0 saturated carbocycles. The lowest BCUT2D eigenvalue weighted by Crippen LogP contribution is -2.41. The SMILES string of the molecule is Cc1cc(C(=O)NS(C)(=O)=O)c(F)cc1B1OC(C)(C)C(C)(C)O1. The summed E-state index contributed by atoms with van der Waals surface area (Å²) in [6.45, 7) is 9.20. The number of benzene rings is 1. The predicted octanol–water partition coefficient (Wildman–Crippen LogP) is 1.12. The largest absolute Gasteiger partial charge is 0.495 e. The molecule has 6 nitrogen and oxygen atoms in total. The van der Waals surface area contributed by atoms with E-state index in [1.54, 1.807) is 11.6 Å². The summed E-state index contributed by atoms with van der Waals surface area (Å²) in [5.74, 6) is -1.86. The Bertz CT molecular complexity index is 775. The maximum absolute atomic E-state index is 14.3. The zero-order valence-electron chi connectivity index (χ0n) is 14.6. The van der Waals surface area contributed by atoms with Crippen LogP contribution in [0.5, 0.6) is 0 Å². The molecule has 1 heterocycles. The molecule has 2 rings (SSSR count). The van der Waals surface area contributed by atoms with Crippen molar-refractivity contribution in [3.05, 3.63) is 29.1 Å². The first-order valence-corrected chi connectivity index (χ1v) is 9.30. The highest BCUT2D eigenvalue weighted by Crippen LogP contribution is 2.36. The number of halogens is 1. The average Bonchev–Trinajstić information content (AvgIpc) is 2.58. The van der Waals surface area contributed by atoms with Crippen LogP contribution in [-0.2, 0) is 19.3 Å². The van der Waals surface area contributed by atoms with Gasteiger partial charge in [0.15, 0.2) is 0 Å². The van der Waals surface area contributed by atoms with E-state index in [4.69, 9.17) is 9.31 Å². The second-order valence-electron chi connectivity index (χ2n) is 6.98. The fourth-order valence-corrected chi connectivity index (χ4v) is 2.76. The van der Waals surface area contributed by atoms with Gasteiger partial charge in [-0.1, -0.05) is 5.56 Å². The fraction of sp³-hybridized carbons (Fsp3) is 0.533. The van der Waals surface area contributed by atoms with Crippen LogP contribution in [0.4, 0.5) is 4.39 Å². The maximum atomic E-state index is 14.3. The standard InChI is InChI=1S/C15H21BFNO5S/c1-9-7-10(13(19)18-24(6,20)21)12(17)8-11(9)16-22-14(2,3)15(4,5)23-16/h7-8H,1-6H3,(H,18,19). The smallest absolute Gasteiger partial charge is 0.399 e. The molecule has 0 spiro atoms. The molecule has 1 N–H and O–H groups in total. The Morgan fingerprint density at radius 1 is 1.17 bits per heavy atom. The summed E-state index contributed by atoms with van der Waals surface area (Å²) in [6.07, 6.45) is 0.828. The minimum atomic E-state index is -3.77. The number of carbonyl (C=O) groups is 1. The molecule has 0 atom stereocenters. The van der Waals surface area contributed by atoms with Crippen molar-refractivity contribution in [2.75, 3.05) is 6.26 Å². The average molecular weight is 357 g/mol. The Hall–Kier alpha value is -1.45. The van der Waals surface area contributed by atoms with E-state index in [9.17, 15) is 17.6 Å². The first-order valence-electron chi connectivity index (χ1n) is 7.41. The third-order valence-corrected chi connectivity index (χ3v) is 4.94. The molecule has 0 aromatic heterocycles. The Morgan fingerprint density at radius 3 is 2.12 bits per heavy atom. The van der Waals surface area contributed by atoms with Crippen molar-refractivity contribution in [3.8, 4) is 0 Å². The van der Waals surface area contributed by atoms with Crippen LogP contribution in [0, 0.1) is 12.7 Å². The van der Waals surface area contributed by atoms with Crippen LogP contribution in [0.1, 0.15) is 43.6 Å². The van der Waals surface area contributed by atoms with Crippen molar-refractivity contribution in [2.45, 2.75) is 45.8 Å². The molecule has 0 aliphatic carbocycles. The van der Waals surface area contributed by atoms with Crippen LogP contribution in [0.2, 0.25) is 0 Å². The van der Waals surface area contributed by atoms with Crippen LogP contribution in [-0.4, -0.2) is 38.9 Å². The summed E-state index contributed by atoms with van der Waals surface area (Å²) in [5.41, 5.74) is -0.478. The fourth-order valence-electron chi connectivity index (χ4n) is 2.32. The van der Waals surface area contributed by atoms with Crippen LogP contribution in [0.25, 0.3) is 0 Å².